The molecule has 2 N–H and O–H groups in total. The molecule has 1 aromatic rings. The van der Waals surface area contributed by atoms with Gasteiger partial charge in [-0.1, -0.05) is 51.0 Å². The zero-order chi connectivity index (χ0) is 14.2. The Hall–Kier alpha value is -0.820. The van der Waals surface area contributed by atoms with Crippen LogP contribution in [0.2, 0.25) is 0 Å². The average molecular weight is 259 g/mol. The first-order valence-corrected chi connectivity index (χ1v) is 7.65. The summed E-state index contributed by atoms with van der Waals surface area (Å²) >= 11 is 0. The van der Waals surface area contributed by atoms with E-state index in [9.17, 15) is 0 Å². The Morgan fingerprint density at radius 2 is 1.84 bits per heavy atom. The Balaban J connectivity index is 2.30. The molecule has 2 rings (SSSR count). The van der Waals surface area contributed by atoms with Crippen LogP contribution in [0.1, 0.15) is 56.7 Å². The third kappa shape index (κ3) is 2.86. The van der Waals surface area contributed by atoms with Crippen molar-refractivity contribution >= 4 is 0 Å². The molecule has 0 bridgehead atoms. The molecule has 0 aromatic heterocycles. The average Bonchev–Trinajstić information content (AvgIpc) is 2.27. The Bertz CT molecular complexity index is 447. The fourth-order valence-electron chi connectivity index (χ4n) is 4.06. The predicted octanol–water partition coefficient (Wildman–Crippen LogP) is 4.34. The van der Waals surface area contributed by atoms with E-state index in [0.717, 1.165) is 5.92 Å². The molecular formula is C18H29N. The fraction of sp³-hybridized carbons (Fsp3) is 0.667. The zero-order valence-electron chi connectivity index (χ0n) is 13.2. The van der Waals surface area contributed by atoms with Gasteiger partial charge in [0.2, 0.25) is 0 Å². The first-order chi connectivity index (χ1) is 8.82. The predicted molar refractivity (Wildman–Crippen MR) is 83.4 cm³/mol. The van der Waals surface area contributed by atoms with Crippen LogP contribution < -0.4 is 5.73 Å². The van der Waals surface area contributed by atoms with Gasteiger partial charge < -0.3 is 5.73 Å². The van der Waals surface area contributed by atoms with Gasteiger partial charge in [0.1, 0.15) is 0 Å². The molecule has 1 aliphatic carbocycles. The summed E-state index contributed by atoms with van der Waals surface area (Å²) in [6.45, 7) is 11.5. The van der Waals surface area contributed by atoms with Gasteiger partial charge in [-0.2, -0.15) is 0 Å². The molecular weight excluding hydrogens is 230 g/mol. The van der Waals surface area contributed by atoms with E-state index in [1.807, 2.05) is 0 Å². The second-order valence-electron chi connectivity index (χ2n) is 7.23. The molecule has 0 radical (unpaired) electrons. The molecule has 0 heterocycles. The second kappa shape index (κ2) is 5.28. The van der Waals surface area contributed by atoms with E-state index in [-0.39, 0.29) is 5.41 Å². The number of rotatable bonds is 2. The molecule has 1 heteroatoms. The highest BCUT2D eigenvalue weighted by Gasteiger charge is 2.38. The third-order valence-corrected chi connectivity index (χ3v) is 5.16. The number of benzene rings is 1. The second-order valence-corrected chi connectivity index (χ2v) is 7.23. The van der Waals surface area contributed by atoms with Crippen molar-refractivity contribution in [3.63, 3.8) is 0 Å². The topological polar surface area (TPSA) is 26.0 Å². The van der Waals surface area contributed by atoms with Crippen LogP contribution >= 0.6 is 0 Å². The van der Waals surface area contributed by atoms with Gasteiger partial charge in [0, 0.05) is 6.04 Å². The summed E-state index contributed by atoms with van der Waals surface area (Å²) in [5.41, 5.74) is 10.9. The minimum absolute atomic E-state index is 0.178. The van der Waals surface area contributed by atoms with Crippen molar-refractivity contribution in [3.8, 4) is 0 Å². The zero-order valence-corrected chi connectivity index (χ0v) is 13.2. The summed E-state index contributed by atoms with van der Waals surface area (Å²) < 4.78 is 0. The fourth-order valence-corrected chi connectivity index (χ4v) is 4.06. The smallest absolute Gasteiger partial charge is 0.00780 e. The first kappa shape index (κ1) is 14.6. The molecule has 0 spiro atoms. The van der Waals surface area contributed by atoms with E-state index in [2.05, 4.69) is 52.8 Å². The van der Waals surface area contributed by atoms with E-state index in [4.69, 9.17) is 5.73 Å². The lowest BCUT2D eigenvalue weighted by Crippen LogP contribution is -2.46. The minimum atomic E-state index is 0.178. The maximum absolute atomic E-state index is 6.47. The summed E-state index contributed by atoms with van der Waals surface area (Å²) in [7, 11) is 0. The maximum atomic E-state index is 6.47. The van der Waals surface area contributed by atoms with Crippen LogP contribution in [0.4, 0.5) is 0 Å². The Kier molecular flexibility index (Phi) is 4.06. The summed E-state index contributed by atoms with van der Waals surface area (Å²) in [5.74, 6) is 1.39. The molecule has 3 unspecified atom stereocenters. The van der Waals surface area contributed by atoms with Gasteiger partial charge >= 0.3 is 0 Å². The Morgan fingerprint density at radius 1 is 1.16 bits per heavy atom. The molecule has 0 aliphatic heterocycles. The molecule has 19 heavy (non-hydrogen) atoms. The molecule has 0 saturated heterocycles. The van der Waals surface area contributed by atoms with E-state index < -0.39 is 0 Å². The monoisotopic (exact) mass is 259 g/mol. The van der Waals surface area contributed by atoms with E-state index in [1.165, 1.54) is 36.0 Å². The Labute approximate surface area is 118 Å². The van der Waals surface area contributed by atoms with Crippen molar-refractivity contribution in [2.24, 2.45) is 17.6 Å². The van der Waals surface area contributed by atoms with Crippen LogP contribution in [0.3, 0.4) is 0 Å². The quantitative estimate of drug-likeness (QED) is 0.840. The van der Waals surface area contributed by atoms with Gasteiger partial charge in [0.15, 0.2) is 0 Å². The van der Waals surface area contributed by atoms with Crippen molar-refractivity contribution in [2.45, 2.75) is 65.3 Å². The molecule has 1 nitrogen and oxygen atoms in total. The molecule has 1 fully saturated rings. The highest BCUT2D eigenvalue weighted by molar-refractivity contribution is 5.36. The van der Waals surface area contributed by atoms with E-state index in [1.54, 1.807) is 0 Å². The van der Waals surface area contributed by atoms with E-state index in [0.29, 0.717) is 12.0 Å². The van der Waals surface area contributed by atoms with Crippen LogP contribution in [-0.4, -0.2) is 6.04 Å². The van der Waals surface area contributed by atoms with Gasteiger partial charge in [0.05, 0.1) is 0 Å². The lowest BCUT2D eigenvalue weighted by molar-refractivity contribution is 0.170. The van der Waals surface area contributed by atoms with Crippen LogP contribution in [0.15, 0.2) is 18.2 Å². The molecule has 106 valence electrons. The normalized spacial score (nSPS) is 28.4. The summed E-state index contributed by atoms with van der Waals surface area (Å²) in [4.78, 5) is 0. The summed E-state index contributed by atoms with van der Waals surface area (Å²) in [6.07, 6.45) is 3.77. The van der Waals surface area contributed by atoms with Gasteiger partial charge in [-0.05, 0) is 55.1 Å². The van der Waals surface area contributed by atoms with Gasteiger partial charge in [-0.25, -0.2) is 0 Å². The molecule has 1 aromatic carbocycles. The molecule has 1 aliphatic rings. The van der Waals surface area contributed by atoms with Crippen molar-refractivity contribution in [2.75, 3.05) is 0 Å². The van der Waals surface area contributed by atoms with Crippen LogP contribution in [-0.2, 0) is 5.41 Å². The third-order valence-electron chi connectivity index (χ3n) is 5.16. The van der Waals surface area contributed by atoms with Crippen molar-refractivity contribution in [1.82, 2.24) is 0 Å². The minimum Gasteiger partial charge on any atom is -0.327 e. The standard InChI is InChI=1S/C18H29N/c1-12-6-8-15(14(3)10-12)18(4,5)16-9-7-13(2)11-17(16)19/h6,8,10,13,16-17H,7,9,11,19H2,1-5H3. The molecule has 1 saturated carbocycles. The number of hydrogen-bond acceptors (Lipinski definition) is 1. The van der Waals surface area contributed by atoms with Crippen molar-refractivity contribution in [3.05, 3.63) is 34.9 Å². The molecule has 3 atom stereocenters. The SMILES string of the molecule is Cc1ccc(C(C)(C)C2CCC(C)CC2N)c(C)c1. The van der Waals surface area contributed by atoms with Crippen molar-refractivity contribution in [1.29, 1.82) is 0 Å². The van der Waals surface area contributed by atoms with Gasteiger partial charge in [0.25, 0.3) is 0 Å². The van der Waals surface area contributed by atoms with Crippen LogP contribution in [0.25, 0.3) is 0 Å². The van der Waals surface area contributed by atoms with Crippen LogP contribution in [0, 0.1) is 25.7 Å². The summed E-state index contributed by atoms with van der Waals surface area (Å²) in [5, 5.41) is 0. The lowest BCUT2D eigenvalue weighted by atomic mass is 9.63. The summed E-state index contributed by atoms with van der Waals surface area (Å²) in [6, 6.07) is 7.20. The first-order valence-electron chi connectivity index (χ1n) is 7.65. The van der Waals surface area contributed by atoms with Gasteiger partial charge in [-0.15, -0.1) is 0 Å². The van der Waals surface area contributed by atoms with E-state index >= 15 is 0 Å². The molecule has 0 amide bonds. The van der Waals surface area contributed by atoms with Gasteiger partial charge in [-0.3, -0.25) is 0 Å². The maximum Gasteiger partial charge on any atom is 0.00780 e. The van der Waals surface area contributed by atoms with Crippen LogP contribution in [0.5, 0.6) is 0 Å². The number of aryl methyl sites for hydroxylation is 2. The number of hydrogen-bond donors (Lipinski definition) is 1. The largest absolute Gasteiger partial charge is 0.327 e. The Morgan fingerprint density at radius 3 is 2.42 bits per heavy atom. The van der Waals surface area contributed by atoms with Crippen molar-refractivity contribution < 1.29 is 0 Å². The lowest BCUT2D eigenvalue weighted by Gasteiger charge is -2.43. The highest BCUT2D eigenvalue weighted by atomic mass is 14.7. The highest BCUT2D eigenvalue weighted by Crippen LogP contribution is 2.42. The number of nitrogens with two attached hydrogens (primary N) is 1.